The fraction of sp³-hybridized carbons (Fsp3) is 0.385. The van der Waals surface area contributed by atoms with Gasteiger partial charge < -0.3 is 15.2 Å². The summed E-state index contributed by atoms with van der Waals surface area (Å²) in [6.07, 6.45) is -1.43. The van der Waals surface area contributed by atoms with Crippen LogP contribution in [0.15, 0.2) is 18.2 Å². The number of ether oxygens (including phenoxy) is 1. The van der Waals surface area contributed by atoms with E-state index in [9.17, 15) is 14.7 Å². The van der Waals surface area contributed by atoms with Crippen molar-refractivity contribution in [3.8, 4) is 5.75 Å². The number of aliphatic hydroxyl groups excluding tert-OH is 1. The molecule has 1 aliphatic heterocycles. The van der Waals surface area contributed by atoms with Crippen molar-refractivity contribution in [2.75, 3.05) is 5.32 Å². The van der Waals surface area contributed by atoms with E-state index in [0.717, 1.165) is 0 Å². The Morgan fingerprint density at radius 3 is 2.94 bits per heavy atom. The number of aliphatic hydroxyl groups is 1. The number of benzene rings is 1. The average molecular weight is 249 g/mol. The van der Waals surface area contributed by atoms with Gasteiger partial charge in [-0.05, 0) is 24.6 Å². The third kappa shape index (κ3) is 2.22. The van der Waals surface area contributed by atoms with Gasteiger partial charge >= 0.3 is 0 Å². The molecule has 5 nitrogen and oxygen atoms in total. The molecular formula is C13H15NO4. The van der Waals surface area contributed by atoms with Crippen LogP contribution in [0.1, 0.15) is 31.9 Å². The van der Waals surface area contributed by atoms with Gasteiger partial charge in [-0.15, -0.1) is 0 Å². The number of carbonyl (C=O) groups is 2. The predicted molar refractivity (Wildman–Crippen MR) is 65.4 cm³/mol. The molecule has 2 atom stereocenters. The number of amides is 1. The fourth-order valence-electron chi connectivity index (χ4n) is 1.78. The van der Waals surface area contributed by atoms with Crippen molar-refractivity contribution in [3.63, 3.8) is 0 Å². The minimum Gasteiger partial charge on any atom is -0.479 e. The Bertz CT molecular complexity index is 498. The summed E-state index contributed by atoms with van der Waals surface area (Å²) in [5.74, 6) is 0.0457. The molecule has 2 N–H and O–H groups in total. The highest BCUT2D eigenvalue weighted by molar-refractivity contribution is 5.97. The Morgan fingerprint density at radius 2 is 2.28 bits per heavy atom. The van der Waals surface area contributed by atoms with Gasteiger partial charge in [-0.2, -0.15) is 0 Å². The number of rotatable bonds is 3. The maximum absolute atomic E-state index is 11.5. The van der Waals surface area contributed by atoms with Crippen LogP contribution in [0.25, 0.3) is 0 Å². The van der Waals surface area contributed by atoms with Crippen LogP contribution in [-0.4, -0.2) is 22.9 Å². The summed E-state index contributed by atoms with van der Waals surface area (Å²) >= 11 is 0. The lowest BCUT2D eigenvalue weighted by molar-refractivity contribution is -0.127. The zero-order valence-electron chi connectivity index (χ0n) is 10.3. The molecular weight excluding hydrogens is 234 g/mol. The Morgan fingerprint density at radius 1 is 1.56 bits per heavy atom. The van der Waals surface area contributed by atoms with Crippen molar-refractivity contribution >= 4 is 17.4 Å². The maximum Gasteiger partial charge on any atom is 0.265 e. The first-order valence-corrected chi connectivity index (χ1v) is 5.85. The Labute approximate surface area is 105 Å². The number of nitrogens with one attached hydrogen (secondary N) is 1. The zero-order valence-corrected chi connectivity index (χ0v) is 10.3. The molecule has 18 heavy (non-hydrogen) atoms. The van der Waals surface area contributed by atoms with Gasteiger partial charge in [0, 0.05) is 6.42 Å². The Hall–Kier alpha value is -1.88. The average Bonchev–Trinajstić information content (AvgIpc) is 2.37. The molecule has 5 heteroatoms. The number of hydrogen-bond donors (Lipinski definition) is 2. The van der Waals surface area contributed by atoms with Gasteiger partial charge in [-0.25, -0.2) is 0 Å². The quantitative estimate of drug-likeness (QED) is 0.849. The summed E-state index contributed by atoms with van der Waals surface area (Å²) in [6.45, 7) is 3.35. The van der Waals surface area contributed by atoms with Crippen LogP contribution < -0.4 is 10.1 Å². The van der Waals surface area contributed by atoms with Crippen molar-refractivity contribution in [1.82, 2.24) is 0 Å². The standard InChI is InChI=1S/C13H15NO4/c1-3-10(15)12(16)8-4-5-11-9(6-8)14-13(17)7(2)18-11/h4-7,12,16H,3H2,1-2H3,(H,14,17). The van der Waals surface area contributed by atoms with Gasteiger partial charge in [0.05, 0.1) is 5.69 Å². The molecule has 0 radical (unpaired) electrons. The van der Waals surface area contributed by atoms with Crippen molar-refractivity contribution in [2.45, 2.75) is 32.5 Å². The van der Waals surface area contributed by atoms with Gasteiger partial charge in [0.25, 0.3) is 5.91 Å². The third-order valence-corrected chi connectivity index (χ3v) is 2.90. The highest BCUT2D eigenvalue weighted by atomic mass is 16.5. The molecule has 2 rings (SSSR count). The van der Waals surface area contributed by atoms with E-state index in [-0.39, 0.29) is 18.1 Å². The molecule has 1 aromatic rings. The van der Waals surface area contributed by atoms with E-state index in [1.54, 1.807) is 32.0 Å². The number of carbonyl (C=O) groups excluding carboxylic acids is 2. The van der Waals surface area contributed by atoms with E-state index in [1.807, 2.05) is 0 Å². The van der Waals surface area contributed by atoms with Gasteiger partial charge in [0.1, 0.15) is 11.9 Å². The van der Waals surface area contributed by atoms with Crippen molar-refractivity contribution in [2.24, 2.45) is 0 Å². The number of hydrogen-bond acceptors (Lipinski definition) is 4. The van der Waals surface area contributed by atoms with Gasteiger partial charge in [0.2, 0.25) is 0 Å². The van der Waals surface area contributed by atoms with Crippen LogP contribution in [0.5, 0.6) is 5.75 Å². The molecule has 0 aromatic heterocycles. The molecule has 1 amide bonds. The molecule has 96 valence electrons. The first-order valence-electron chi connectivity index (χ1n) is 5.85. The van der Waals surface area contributed by atoms with E-state index in [1.165, 1.54) is 0 Å². The number of fused-ring (bicyclic) bond motifs is 1. The first-order chi connectivity index (χ1) is 8.52. The topological polar surface area (TPSA) is 75.6 Å². The summed E-state index contributed by atoms with van der Waals surface area (Å²) < 4.78 is 5.39. The van der Waals surface area contributed by atoms with Crippen LogP contribution in [0.2, 0.25) is 0 Å². The minimum atomic E-state index is -1.16. The smallest absolute Gasteiger partial charge is 0.265 e. The summed E-state index contributed by atoms with van der Waals surface area (Å²) in [5, 5.41) is 12.5. The SMILES string of the molecule is CCC(=O)C(O)c1ccc2c(c1)NC(=O)C(C)O2. The second kappa shape index (κ2) is 4.78. The van der Waals surface area contributed by atoms with E-state index in [0.29, 0.717) is 17.0 Å². The molecule has 2 unspecified atom stereocenters. The largest absolute Gasteiger partial charge is 0.479 e. The lowest BCUT2D eigenvalue weighted by Gasteiger charge is -2.24. The highest BCUT2D eigenvalue weighted by Crippen LogP contribution is 2.32. The van der Waals surface area contributed by atoms with Crippen molar-refractivity contribution < 1.29 is 19.4 Å². The fourth-order valence-corrected chi connectivity index (χ4v) is 1.78. The minimum absolute atomic E-state index is 0.240. The van der Waals surface area contributed by atoms with Crippen LogP contribution in [0.4, 0.5) is 5.69 Å². The summed E-state index contributed by atoms with van der Waals surface area (Å²) in [5.41, 5.74) is 0.942. The Balaban J connectivity index is 2.30. The molecule has 0 saturated heterocycles. The normalized spacial score (nSPS) is 19.5. The molecule has 0 bridgehead atoms. The summed E-state index contributed by atoms with van der Waals surface area (Å²) in [6, 6.07) is 4.84. The van der Waals surface area contributed by atoms with Gasteiger partial charge in [-0.1, -0.05) is 13.0 Å². The molecule has 1 aromatic carbocycles. The predicted octanol–water partition coefficient (Wildman–Crippen LogP) is 1.42. The Kier molecular flexibility index (Phi) is 3.34. The maximum atomic E-state index is 11.5. The molecule has 0 saturated carbocycles. The van der Waals surface area contributed by atoms with E-state index < -0.39 is 12.2 Å². The van der Waals surface area contributed by atoms with E-state index in [2.05, 4.69) is 5.32 Å². The van der Waals surface area contributed by atoms with E-state index >= 15 is 0 Å². The second-order valence-electron chi connectivity index (χ2n) is 4.23. The lowest BCUT2D eigenvalue weighted by Crippen LogP contribution is -2.34. The molecule has 1 heterocycles. The van der Waals surface area contributed by atoms with Crippen LogP contribution in [0, 0.1) is 0 Å². The van der Waals surface area contributed by atoms with Crippen molar-refractivity contribution in [3.05, 3.63) is 23.8 Å². The van der Waals surface area contributed by atoms with Crippen LogP contribution >= 0.6 is 0 Å². The van der Waals surface area contributed by atoms with Crippen LogP contribution in [-0.2, 0) is 9.59 Å². The third-order valence-electron chi connectivity index (χ3n) is 2.90. The van der Waals surface area contributed by atoms with Crippen molar-refractivity contribution in [1.29, 1.82) is 0 Å². The molecule has 0 spiro atoms. The summed E-state index contributed by atoms with van der Waals surface area (Å²) in [4.78, 5) is 22.9. The lowest BCUT2D eigenvalue weighted by atomic mass is 10.0. The first kappa shape index (κ1) is 12.6. The second-order valence-corrected chi connectivity index (χ2v) is 4.23. The number of anilines is 1. The zero-order chi connectivity index (χ0) is 13.3. The molecule has 0 aliphatic carbocycles. The van der Waals surface area contributed by atoms with Crippen LogP contribution in [0.3, 0.4) is 0 Å². The highest BCUT2D eigenvalue weighted by Gasteiger charge is 2.25. The number of ketones is 1. The monoisotopic (exact) mass is 249 g/mol. The summed E-state index contributed by atoms with van der Waals surface area (Å²) in [7, 11) is 0. The van der Waals surface area contributed by atoms with E-state index in [4.69, 9.17) is 4.74 Å². The van der Waals surface area contributed by atoms with Gasteiger partial charge in [-0.3, -0.25) is 9.59 Å². The van der Waals surface area contributed by atoms with Gasteiger partial charge in [0.15, 0.2) is 11.9 Å². The number of Topliss-reactive ketones (excluding diaryl/α,β-unsaturated/α-hetero) is 1. The molecule has 0 fully saturated rings. The molecule has 1 aliphatic rings.